The van der Waals surface area contributed by atoms with E-state index in [9.17, 15) is 14.4 Å². The van der Waals surface area contributed by atoms with E-state index in [1.165, 1.54) is 21.0 Å². The van der Waals surface area contributed by atoms with Gasteiger partial charge in [-0.05, 0) is 45.4 Å². The fourth-order valence-corrected chi connectivity index (χ4v) is 2.82. The van der Waals surface area contributed by atoms with E-state index in [4.69, 9.17) is 9.47 Å². The zero-order valence-corrected chi connectivity index (χ0v) is 14.9. The Morgan fingerprint density at radius 3 is 2.32 bits per heavy atom. The Bertz CT molecular complexity index is 834. The number of nitrogens with one attached hydrogen (secondary N) is 1. The maximum Gasteiger partial charge on any atom is 0.342 e. The number of aromatic nitrogens is 1. The molecule has 0 fully saturated rings. The van der Waals surface area contributed by atoms with Crippen molar-refractivity contribution in [1.82, 2.24) is 4.98 Å². The van der Waals surface area contributed by atoms with Crippen LogP contribution < -0.4 is 4.74 Å². The van der Waals surface area contributed by atoms with Crippen molar-refractivity contribution < 1.29 is 23.9 Å². The van der Waals surface area contributed by atoms with Crippen molar-refractivity contribution in [1.29, 1.82) is 0 Å². The number of aromatic amines is 1. The highest BCUT2D eigenvalue weighted by atomic mass is 16.5. The van der Waals surface area contributed by atoms with Gasteiger partial charge in [0.2, 0.25) is 5.78 Å². The molecule has 1 heterocycles. The van der Waals surface area contributed by atoms with Crippen molar-refractivity contribution in [3.05, 3.63) is 52.3 Å². The van der Waals surface area contributed by atoms with Gasteiger partial charge in [0.05, 0.1) is 12.8 Å². The van der Waals surface area contributed by atoms with Gasteiger partial charge in [0.1, 0.15) is 11.3 Å². The van der Waals surface area contributed by atoms with Crippen molar-refractivity contribution in [3.8, 4) is 5.75 Å². The van der Waals surface area contributed by atoms with E-state index in [1.54, 1.807) is 38.1 Å². The fraction of sp³-hybridized carbons (Fsp3) is 0.316. The predicted octanol–water partition coefficient (Wildman–Crippen LogP) is 3.27. The Hall–Kier alpha value is -2.89. The lowest BCUT2D eigenvalue weighted by atomic mass is 10.0. The molecule has 0 aliphatic carbocycles. The molecule has 0 bridgehead atoms. The van der Waals surface area contributed by atoms with E-state index in [1.807, 2.05) is 0 Å². The summed E-state index contributed by atoms with van der Waals surface area (Å²) in [6.07, 6.45) is -1.01. The number of H-pyrrole nitrogens is 1. The van der Waals surface area contributed by atoms with Gasteiger partial charge in [-0.25, -0.2) is 4.79 Å². The van der Waals surface area contributed by atoms with Gasteiger partial charge in [0.15, 0.2) is 11.9 Å². The predicted molar refractivity (Wildman–Crippen MR) is 92.5 cm³/mol. The zero-order chi connectivity index (χ0) is 18.7. The molecule has 0 radical (unpaired) electrons. The quantitative estimate of drug-likeness (QED) is 0.643. The van der Waals surface area contributed by atoms with Crippen LogP contribution in [0, 0.1) is 13.8 Å². The van der Waals surface area contributed by atoms with Crippen LogP contribution in [0.25, 0.3) is 0 Å². The second kappa shape index (κ2) is 7.34. The van der Waals surface area contributed by atoms with E-state index < -0.39 is 17.9 Å². The molecular weight excluding hydrogens is 322 g/mol. The standard InChI is InChI=1S/C19H21NO5/c1-10-16(12(3)21)11(2)20-17(10)18(22)13(4)25-19(23)14-8-6-7-9-15(14)24-5/h6-9,13,20H,1-5H3/t13-/m0/s1. The first-order valence-electron chi connectivity index (χ1n) is 7.86. The first kappa shape index (κ1) is 18.4. The van der Waals surface area contributed by atoms with Gasteiger partial charge in [-0.2, -0.15) is 0 Å². The summed E-state index contributed by atoms with van der Waals surface area (Å²) in [4.78, 5) is 39.6. The summed E-state index contributed by atoms with van der Waals surface area (Å²) in [5.74, 6) is -0.788. The van der Waals surface area contributed by atoms with Crippen LogP contribution >= 0.6 is 0 Å². The van der Waals surface area contributed by atoms with Gasteiger partial charge in [0, 0.05) is 11.3 Å². The molecule has 0 saturated carbocycles. The van der Waals surface area contributed by atoms with Crippen LogP contribution in [-0.4, -0.2) is 35.7 Å². The number of Topliss-reactive ketones (excluding diaryl/α,β-unsaturated/α-hetero) is 2. The number of hydrogen-bond donors (Lipinski definition) is 1. The summed E-state index contributed by atoms with van der Waals surface area (Å²) in [6.45, 7) is 6.37. The van der Waals surface area contributed by atoms with Crippen LogP contribution in [0.1, 0.15) is 56.3 Å². The van der Waals surface area contributed by atoms with Crippen LogP contribution in [0.3, 0.4) is 0 Å². The topological polar surface area (TPSA) is 85.5 Å². The van der Waals surface area contributed by atoms with Crippen molar-refractivity contribution in [2.24, 2.45) is 0 Å². The molecule has 0 spiro atoms. The summed E-state index contributed by atoms with van der Waals surface area (Å²) in [6, 6.07) is 6.62. The minimum absolute atomic E-state index is 0.121. The maximum atomic E-state index is 12.6. The normalized spacial score (nSPS) is 11.7. The average molecular weight is 343 g/mol. The third-order valence-electron chi connectivity index (χ3n) is 4.02. The summed E-state index contributed by atoms with van der Waals surface area (Å²) >= 11 is 0. The molecule has 0 aliphatic rings. The first-order valence-corrected chi connectivity index (χ1v) is 7.86. The van der Waals surface area contributed by atoms with Crippen molar-refractivity contribution in [2.45, 2.75) is 33.8 Å². The number of ether oxygens (including phenoxy) is 2. The monoisotopic (exact) mass is 343 g/mol. The van der Waals surface area contributed by atoms with Crippen molar-refractivity contribution in [3.63, 3.8) is 0 Å². The number of carbonyl (C=O) groups excluding carboxylic acids is 3. The minimum atomic E-state index is -1.01. The highest BCUT2D eigenvalue weighted by Gasteiger charge is 2.27. The molecule has 1 atom stereocenters. The van der Waals surface area contributed by atoms with Gasteiger partial charge >= 0.3 is 5.97 Å². The Balaban J connectivity index is 2.22. The number of carbonyl (C=O) groups is 3. The second-order valence-electron chi connectivity index (χ2n) is 5.79. The van der Waals surface area contributed by atoms with E-state index in [0.717, 1.165) is 0 Å². The highest BCUT2D eigenvalue weighted by molar-refractivity contribution is 6.05. The first-order chi connectivity index (χ1) is 11.8. The summed E-state index contributed by atoms with van der Waals surface area (Å²) in [5, 5.41) is 0. The fourth-order valence-electron chi connectivity index (χ4n) is 2.82. The molecule has 2 rings (SSSR count). The summed E-state index contributed by atoms with van der Waals surface area (Å²) < 4.78 is 10.4. The van der Waals surface area contributed by atoms with E-state index in [0.29, 0.717) is 22.6 Å². The van der Waals surface area contributed by atoms with E-state index in [2.05, 4.69) is 4.98 Å². The molecule has 1 aromatic heterocycles. The molecule has 0 saturated heterocycles. The zero-order valence-electron chi connectivity index (χ0n) is 14.9. The number of benzene rings is 1. The van der Waals surface area contributed by atoms with Crippen molar-refractivity contribution >= 4 is 17.5 Å². The van der Waals surface area contributed by atoms with Crippen molar-refractivity contribution in [2.75, 3.05) is 7.11 Å². The second-order valence-corrected chi connectivity index (χ2v) is 5.79. The lowest BCUT2D eigenvalue weighted by Gasteiger charge is -2.13. The molecule has 132 valence electrons. The Labute approximate surface area is 146 Å². The summed E-state index contributed by atoms with van der Waals surface area (Å²) in [5.41, 5.74) is 2.20. The number of rotatable bonds is 6. The number of aryl methyl sites for hydroxylation is 1. The molecule has 6 heteroatoms. The number of methoxy groups -OCH3 is 1. The number of para-hydroxylation sites is 1. The van der Waals surface area contributed by atoms with Crippen LogP contribution in [-0.2, 0) is 4.74 Å². The largest absolute Gasteiger partial charge is 0.496 e. The third kappa shape index (κ3) is 3.63. The molecule has 25 heavy (non-hydrogen) atoms. The molecule has 0 aliphatic heterocycles. The summed E-state index contributed by atoms with van der Waals surface area (Å²) in [7, 11) is 1.45. The van der Waals surface area contributed by atoms with Gasteiger partial charge in [-0.3, -0.25) is 9.59 Å². The Morgan fingerprint density at radius 1 is 1.12 bits per heavy atom. The maximum absolute atomic E-state index is 12.6. The third-order valence-corrected chi connectivity index (χ3v) is 4.02. The molecule has 2 aromatic rings. The minimum Gasteiger partial charge on any atom is -0.496 e. The van der Waals surface area contributed by atoms with Crippen LogP contribution in [0.15, 0.2) is 24.3 Å². The number of hydrogen-bond acceptors (Lipinski definition) is 5. The van der Waals surface area contributed by atoms with Gasteiger partial charge in [-0.1, -0.05) is 12.1 Å². The van der Waals surface area contributed by atoms with Crippen LogP contribution in [0.2, 0.25) is 0 Å². The van der Waals surface area contributed by atoms with E-state index in [-0.39, 0.29) is 17.0 Å². The molecule has 0 unspecified atom stereocenters. The van der Waals surface area contributed by atoms with Gasteiger partial charge < -0.3 is 14.5 Å². The van der Waals surface area contributed by atoms with E-state index >= 15 is 0 Å². The van der Waals surface area contributed by atoms with Gasteiger partial charge in [-0.15, -0.1) is 0 Å². The highest BCUT2D eigenvalue weighted by Crippen LogP contribution is 2.22. The molecule has 6 nitrogen and oxygen atoms in total. The number of esters is 1. The molecule has 1 N–H and O–H groups in total. The average Bonchev–Trinajstić information content (AvgIpc) is 2.88. The lowest BCUT2D eigenvalue weighted by molar-refractivity contribution is 0.0314. The van der Waals surface area contributed by atoms with Gasteiger partial charge in [0.25, 0.3) is 0 Å². The van der Waals surface area contributed by atoms with Crippen LogP contribution in [0.4, 0.5) is 0 Å². The molecule has 0 amide bonds. The number of ketones is 2. The smallest absolute Gasteiger partial charge is 0.342 e. The van der Waals surface area contributed by atoms with Crippen LogP contribution in [0.5, 0.6) is 5.75 Å². The Morgan fingerprint density at radius 2 is 1.76 bits per heavy atom. The lowest BCUT2D eigenvalue weighted by Crippen LogP contribution is -2.25. The SMILES string of the molecule is COc1ccccc1C(=O)O[C@@H](C)C(=O)c1[nH]c(C)c(C(C)=O)c1C. The molecular formula is C19H21NO5. The molecule has 1 aromatic carbocycles. The Kier molecular flexibility index (Phi) is 5.41.